The quantitative estimate of drug-likeness (QED) is 0.727. The minimum Gasteiger partial charge on any atom is -0.303 e. The largest absolute Gasteiger partial charge is 0.332 e. The van der Waals surface area contributed by atoms with Crippen LogP contribution in [0.3, 0.4) is 0 Å². The molecule has 2 aliphatic heterocycles. The van der Waals surface area contributed by atoms with Gasteiger partial charge in [0.25, 0.3) is 0 Å². The second-order valence-electron chi connectivity index (χ2n) is 6.93. The lowest BCUT2D eigenvalue weighted by Gasteiger charge is -2.41. The molecule has 0 saturated carbocycles. The van der Waals surface area contributed by atoms with Crippen molar-refractivity contribution in [1.82, 2.24) is 4.90 Å². The molecule has 2 heterocycles. The van der Waals surface area contributed by atoms with Crippen molar-refractivity contribution in [1.29, 1.82) is 0 Å². The molecular formula is C22H20N2O3S. The van der Waals surface area contributed by atoms with Crippen LogP contribution in [0.2, 0.25) is 0 Å². The van der Waals surface area contributed by atoms with Gasteiger partial charge in [0.05, 0.1) is 23.5 Å². The third-order valence-electron chi connectivity index (χ3n) is 5.26. The summed E-state index contributed by atoms with van der Waals surface area (Å²) in [5, 5.41) is -0.382. The van der Waals surface area contributed by atoms with Gasteiger partial charge in [-0.2, -0.15) is 0 Å². The van der Waals surface area contributed by atoms with E-state index < -0.39 is 11.9 Å². The van der Waals surface area contributed by atoms with E-state index in [0.717, 1.165) is 10.5 Å². The fourth-order valence-corrected chi connectivity index (χ4v) is 5.06. The van der Waals surface area contributed by atoms with Crippen LogP contribution in [0.25, 0.3) is 0 Å². The van der Waals surface area contributed by atoms with Crippen LogP contribution < -0.4 is 4.90 Å². The highest BCUT2D eigenvalue weighted by Gasteiger charge is 2.51. The van der Waals surface area contributed by atoms with Gasteiger partial charge in [0.1, 0.15) is 0 Å². The minimum absolute atomic E-state index is 0.0613. The number of rotatable bonds is 4. The van der Waals surface area contributed by atoms with Crippen LogP contribution in [-0.4, -0.2) is 34.5 Å². The molecule has 0 N–H and O–H groups in total. The average Bonchev–Trinajstić information content (AvgIpc) is 3.01. The highest BCUT2D eigenvalue weighted by Crippen LogP contribution is 2.47. The number of nitrogens with zero attached hydrogens (tertiary/aromatic N) is 2. The molecule has 2 unspecified atom stereocenters. The number of hydrogen-bond donors (Lipinski definition) is 0. The second kappa shape index (κ2) is 7.28. The predicted molar refractivity (Wildman–Crippen MR) is 110 cm³/mol. The van der Waals surface area contributed by atoms with Crippen molar-refractivity contribution in [3.8, 4) is 0 Å². The zero-order chi connectivity index (χ0) is 19.8. The average molecular weight is 392 g/mol. The van der Waals surface area contributed by atoms with E-state index in [4.69, 9.17) is 0 Å². The number of anilines is 1. The number of carbonyl (C=O) groups excluding carboxylic acids is 3. The Labute approximate surface area is 168 Å². The molecule has 4 rings (SSSR count). The monoisotopic (exact) mass is 392 g/mol. The molecule has 5 nitrogen and oxygen atoms in total. The van der Waals surface area contributed by atoms with Gasteiger partial charge in [-0.25, -0.2) is 9.69 Å². The summed E-state index contributed by atoms with van der Waals surface area (Å²) in [7, 11) is 0. The van der Waals surface area contributed by atoms with Gasteiger partial charge in [-0.05, 0) is 36.5 Å². The topological polar surface area (TPSA) is 57.7 Å². The second-order valence-corrected chi connectivity index (χ2v) is 8.27. The maximum absolute atomic E-state index is 13.3. The third-order valence-corrected chi connectivity index (χ3v) is 6.70. The maximum atomic E-state index is 13.3. The van der Waals surface area contributed by atoms with Crippen molar-refractivity contribution in [2.24, 2.45) is 5.92 Å². The number of para-hydroxylation sites is 1. The number of benzene rings is 2. The van der Waals surface area contributed by atoms with E-state index in [0.29, 0.717) is 11.3 Å². The zero-order valence-corrected chi connectivity index (χ0v) is 16.5. The molecule has 1 saturated heterocycles. The first-order chi connectivity index (χ1) is 13.5. The molecular weight excluding hydrogens is 372 g/mol. The number of thioether (sulfide) groups is 1. The zero-order valence-electron chi connectivity index (χ0n) is 15.7. The van der Waals surface area contributed by atoms with Gasteiger partial charge in [0.2, 0.25) is 5.91 Å². The van der Waals surface area contributed by atoms with Crippen molar-refractivity contribution in [2.75, 3.05) is 11.4 Å². The van der Waals surface area contributed by atoms with Gasteiger partial charge in [0, 0.05) is 5.56 Å². The summed E-state index contributed by atoms with van der Waals surface area (Å²) in [6, 6.07) is 17.4. The number of imide groups is 1. The van der Waals surface area contributed by atoms with E-state index in [2.05, 4.69) is 0 Å². The fraction of sp³-hybridized carbons (Fsp3) is 0.227. The molecule has 0 spiro atoms. The first-order valence-electron chi connectivity index (χ1n) is 9.11. The van der Waals surface area contributed by atoms with Crippen LogP contribution in [0.4, 0.5) is 10.5 Å². The maximum Gasteiger partial charge on any atom is 0.332 e. The number of ketones is 1. The lowest BCUT2D eigenvalue weighted by atomic mass is 9.95. The van der Waals surface area contributed by atoms with Gasteiger partial charge in [-0.15, -0.1) is 11.8 Å². The number of hydrogen-bond acceptors (Lipinski definition) is 4. The van der Waals surface area contributed by atoms with Crippen LogP contribution >= 0.6 is 11.8 Å². The lowest BCUT2D eigenvalue weighted by molar-refractivity contribution is -0.122. The number of fused-ring (bicyclic) bond motifs is 1. The molecule has 0 radical (unpaired) electrons. The van der Waals surface area contributed by atoms with Crippen molar-refractivity contribution in [3.63, 3.8) is 0 Å². The molecule has 6 heteroatoms. The molecule has 2 aromatic carbocycles. The summed E-state index contributed by atoms with van der Waals surface area (Å²) in [4.78, 5) is 43.1. The van der Waals surface area contributed by atoms with Crippen LogP contribution in [0.1, 0.15) is 24.2 Å². The highest BCUT2D eigenvalue weighted by atomic mass is 32.2. The smallest absolute Gasteiger partial charge is 0.303 e. The lowest BCUT2D eigenvalue weighted by Crippen LogP contribution is -2.61. The van der Waals surface area contributed by atoms with Crippen LogP contribution in [-0.2, 0) is 4.79 Å². The van der Waals surface area contributed by atoms with Crippen LogP contribution in [0.5, 0.6) is 0 Å². The Hall–Kier alpha value is -2.86. The Morgan fingerprint density at radius 1 is 0.964 bits per heavy atom. The van der Waals surface area contributed by atoms with Gasteiger partial charge in [-0.1, -0.05) is 48.5 Å². The fourth-order valence-electron chi connectivity index (χ4n) is 3.64. The van der Waals surface area contributed by atoms with Crippen molar-refractivity contribution in [3.05, 3.63) is 76.7 Å². The first-order valence-corrected chi connectivity index (χ1v) is 9.99. The van der Waals surface area contributed by atoms with E-state index in [9.17, 15) is 14.4 Å². The summed E-state index contributed by atoms with van der Waals surface area (Å²) >= 11 is 1.49. The molecule has 142 valence electrons. The SMILES string of the molecule is CC1=C(C)C2C(=O)N(c3ccccc3)C(=O)N(CC(=O)c3ccccc3)C2S1. The standard InChI is InChI=1S/C22H20N2O3S/c1-14-15(2)28-21-19(14)20(26)24(17-11-7-4-8-12-17)22(27)23(21)13-18(25)16-9-5-3-6-10-16/h3-12,19,21H,13H2,1-2H3. The Bertz CT molecular complexity index is 972. The normalized spacial score (nSPS) is 21.9. The molecule has 0 bridgehead atoms. The molecule has 2 atom stereocenters. The Morgan fingerprint density at radius 3 is 2.21 bits per heavy atom. The summed E-state index contributed by atoms with van der Waals surface area (Å²) in [5.74, 6) is -0.809. The number of urea groups is 1. The minimum atomic E-state index is -0.447. The van der Waals surface area contributed by atoms with E-state index in [1.807, 2.05) is 26.0 Å². The molecule has 1 fully saturated rings. The number of carbonyl (C=O) groups is 3. The summed E-state index contributed by atoms with van der Waals surface area (Å²) < 4.78 is 0. The van der Waals surface area contributed by atoms with Crippen molar-refractivity contribution < 1.29 is 14.4 Å². The predicted octanol–water partition coefficient (Wildman–Crippen LogP) is 4.32. The van der Waals surface area contributed by atoms with Crippen molar-refractivity contribution >= 4 is 35.2 Å². The van der Waals surface area contributed by atoms with Crippen LogP contribution in [0.15, 0.2) is 71.1 Å². The molecule has 2 aliphatic rings. The van der Waals surface area contributed by atoms with E-state index in [1.54, 1.807) is 53.4 Å². The van der Waals surface area contributed by atoms with E-state index in [-0.39, 0.29) is 23.6 Å². The number of amides is 3. The van der Waals surface area contributed by atoms with Gasteiger partial charge >= 0.3 is 6.03 Å². The van der Waals surface area contributed by atoms with Gasteiger partial charge in [-0.3, -0.25) is 9.59 Å². The third kappa shape index (κ3) is 3.03. The number of allylic oxidation sites excluding steroid dienone is 1. The molecule has 2 aromatic rings. The summed E-state index contributed by atoms with van der Waals surface area (Å²) in [6.07, 6.45) is 0. The Balaban J connectivity index is 1.71. The van der Waals surface area contributed by atoms with Gasteiger partial charge < -0.3 is 4.90 Å². The molecule has 3 amide bonds. The molecule has 0 aliphatic carbocycles. The van der Waals surface area contributed by atoms with E-state index >= 15 is 0 Å². The van der Waals surface area contributed by atoms with E-state index in [1.165, 1.54) is 16.7 Å². The highest BCUT2D eigenvalue weighted by molar-refractivity contribution is 8.03. The molecule has 0 aromatic heterocycles. The Morgan fingerprint density at radius 2 is 1.57 bits per heavy atom. The molecule has 28 heavy (non-hydrogen) atoms. The summed E-state index contributed by atoms with van der Waals surface area (Å²) in [5.41, 5.74) is 2.04. The Kier molecular flexibility index (Phi) is 4.81. The van der Waals surface area contributed by atoms with Gasteiger partial charge in [0.15, 0.2) is 5.78 Å². The number of Topliss-reactive ketones (excluding diaryl/α,β-unsaturated/α-hetero) is 1. The first kappa shape index (κ1) is 18.5. The summed E-state index contributed by atoms with van der Waals surface area (Å²) in [6.45, 7) is 3.83. The van der Waals surface area contributed by atoms with Crippen LogP contribution in [0, 0.1) is 5.92 Å². The van der Waals surface area contributed by atoms with Crippen molar-refractivity contribution in [2.45, 2.75) is 19.2 Å².